The summed E-state index contributed by atoms with van der Waals surface area (Å²) < 4.78 is 31.5. The van der Waals surface area contributed by atoms with Gasteiger partial charge in [-0.2, -0.15) is 4.37 Å². The van der Waals surface area contributed by atoms with Crippen LogP contribution in [0.2, 0.25) is 0 Å². The van der Waals surface area contributed by atoms with Gasteiger partial charge in [0.2, 0.25) is 5.13 Å². The van der Waals surface area contributed by atoms with Crippen molar-refractivity contribution in [3.05, 3.63) is 6.33 Å². The Bertz CT molecular complexity index is 220. The maximum Gasteiger partial charge on any atom is 0.261 e. The molecule has 0 radical (unpaired) electrons. The van der Waals surface area contributed by atoms with Crippen LogP contribution >= 0.6 is 11.5 Å². The molecule has 0 aromatic carbocycles. The molecule has 7 heteroatoms. The van der Waals surface area contributed by atoms with Crippen molar-refractivity contribution in [2.45, 2.75) is 6.43 Å². The number of nitrogens with one attached hydrogen (secondary N) is 1. The number of hydrogen-bond acceptors (Lipinski definition) is 5. The fraction of sp³-hybridized carbons (Fsp3) is 0.667. The lowest BCUT2D eigenvalue weighted by Gasteiger charge is -2.03. The topological polar surface area (TPSA) is 47.0 Å². The van der Waals surface area contributed by atoms with Crippen LogP contribution in [0.5, 0.6) is 0 Å². The smallest absolute Gasteiger partial charge is 0.261 e. The second kappa shape index (κ2) is 5.76. The lowest BCUT2D eigenvalue weighted by Crippen LogP contribution is -2.12. The molecule has 0 saturated carbocycles. The fourth-order valence-electron chi connectivity index (χ4n) is 0.654. The van der Waals surface area contributed by atoms with Crippen LogP contribution in [-0.2, 0) is 4.74 Å². The molecule has 0 bridgehead atoms. The number of anilines is 1. The minimum Gasteiger partial charge on any atom is -0.374 e. The molecule has 0 atom stereocenters. The van der Waals surface area contributed by atoms with Gasteiger partial charge in [-0.3, -0.25) is 0 Å². The predicted molar refractivity (Wildman–Crippen MR) is 45.2 cm³/mol. The third-order valence-electron chi connectivity index (χ3n) is 1.13. The van der Waals surface area contributed by atoms with Crippen molar-refractivity contribution in [2.24, 2.45) is 0 Å². The summed E-state index contributed by atoms with van der Waals surface area (Å²) in [6.45, 7) is 0.184. The van der Waals surface area contributed by atoms with Crippen molar-refractivity contribution < 1.29 is 13.5 Å². The number of halogens is 2. The molecule has 1 aromatic rings. The van der Waals surface area contributed by atoms with Crippen LogP contribution < -0.4 is 5.32 Å². The highest BCUT2D eigenvalue weighted by Crippen LogP contribution is 2.05. The highest BCUT2D eigenvalue weighted by Gasteiger charge is 2.01. The molecule has 0 aliphatic carbocycles. The summed E-state index contributed by atoms with van der Waals surface area (Å²) in [4.78, 5) is 3.84. The number of rotatable bonds is 6. The van der Waals surface area contributed by atoms with Crippen molar-refractivity contribution >= 4 is 16.7 Å². The van der Waals surface area contributed by atoms with Gasteiger partial charge in [-0.05, 0) is 0 Å². The first-order valence-electron chi connectivity index (χ1n) is 3.65. The first-order valence-corrected chi connectivity index (χ1v) is 4.43. The number of alkyl halides is 2. The Morgan fingerprint density at radius 2 is 2.46 bits per heavy atom. The van der Waals surface area contributed by atoms with Crippen molar-refractivity contribution in [1.82, 2.24) is 9.36 Å². The van der Waals surface area contributed by atoms with E-state index < -0.39 is 13.0 Å². The van der Waals surface area contributed by atoms with Gasteiger partial charge in [0, 0.05) is 18.1 Å². The second-order valence-corrected chi connectivity index (χ2v) is 2.92. The Labute approximate surface area is 78.1 Å². The maximum absolute atomic E-state index is 11.6. The summed E-state index contributed by atoms with van der Waals surface area (Å²) in [5.41, 5.74) is 0. The summed E-state index contributed by atoms with van der Waals surface area (Å²) in [6.07, 6.45) is -0.978. The molecule has 1 N–H and O–H groups in total. The Kier molecular flexibility index (Phi) is 4.55. The first-order chi connectivity index (χ1) is 6.29. The van der Waals surface area contributed by atoms with Crippen LogP contribution in [0.3, 0.4) is 0 Å². The molecule has 0 aliphatic heterocycles. The van der Waals surface area contributed by atoms with Crippen molar-refractivity contribution in [1.29, 1.82) is 0 Å². The van der Waals surface area contributed by atoms with Gasteiger partial charge in [0.05, 0.1) is 6.61 Å². The lowest BCUT2D eigenvalue weighted by atomic mass is 10.7. The van der Waals surface area contributed by atoms with Gasteiger partial charge in [-0.25, -0.2) is 13.8 Å². The van der Waals surface area contributed by atoms with Gasteiger partial charge in [0.1, 0.15) is 12.9 Å². The molecule has 0 spiro atoms. The zero-order chi connectivity index (χ0) is 9.52. The molecule has 0 amide bonds. The minimum absolute atomic E-state index is 0.240. The van der Waals surface area contributed by atoms with Crippen LogP contribution in [0.4, 0.5) is 13.9 Å². The molecule has 74 valence electrons. The van der Waals surface area contributed by atoms with Gasteiger partial charge in [-0.1, -0.05) is 0 Å². The molecular formula is C6H9F2N3OS. The molecule has 0 saturated heterocycles. The Balaban J connectivity index is 1.96. The molecule has 4 nitrogen and oxygen atoms in total. The van der Waals surface area contributed by atoms with Gasteiger partial charge in [0.15, 0.2) is 0 Å². The third-order valence-corrected chi connectivity index (χ3v) is 1.75. The van der Waals surface area contributed by atoms with Crippen LogP contribution in [-0.4, -0.2) is 35.5 Å². The first kappa shape index (κ1) is 10.3. The Morgan fingerprint density at radius 1 is 1.62 bits per heavy atom. The summed E-state index contributed by atoms with van der Waals surface area (Å²) in [5.74, 6) is 0. The standard InChI is InChI=1S/C6H9F2N3OS/c7-5(8)3-12-2-1-9-6-10-4-11-13-6/h4-5H,1-3H2,(H,9,10,11). The quantitative estimate of drug-likeness (QED) is 0.716. The Hall–Kier alpha value is -0.820. The van der Waals surface area contributed by atoms with Gasteiger partial charge in [0.25, 0.3) is 6.43 Å². The van der Waals surface area contributed by atoms with Gasteiger partial charge < -0.3 is 10.1 Å². The zero-order valence-corrected chi connectivity index (χ0v) is 7.56. The van der Waals surface area contributed by atoms with Gasteiger partial charge >= 0.3 is 0 Å². The molecule has 1 rings (SSSR count). The van der Waals surface area contributed by atoms with E-state index in [0.717, 1.165) is 0 Å². The van der Waals surface area contributed by atoms with Crippen LogP contribution in [0.15, 0.2) is 6.33 Å². The number of aromatic nitrogens is 2. The molecule has 0 fully saturated rings. The summed E-state index contributed by atoms with van der Waals surface area (Å²) in [5, 5.41) is 3.54. The minimum atomic E-state index is -2.40. The number of hydrogen-bond donors (Lipinski definition) is 1. The largest absolute Gasteiger partial charge is 0.374 e. The van der Waals surface area contributed by atoms with Crippen LogP contribution in [0, 0.1) is 0 Å². The summed E-state index contributed by atoms with van der Waals surface area (Å²) in [7, 11) is 0. The van der Waals surface area contributed by atoms with E-state index in [-0.39, 0.29) is 6.61 Å². The summed E-state index contributed by atoms with van der Waals surface area (Å²) >= 11 is 1.21. The van der Waals surface area contributed by atoms with E-state index in [1.165, 1.54) is 17.9 Å². The second-order valence-electron chi connectivity index (χ2n) is 2.14. The molecule has 1 aromatic heterocycles. The fourth-order valence-corrected chi connectivity index (χ4v) is 1.11. The monoisotopic (exact) mass is 209 g/mol. The van der Waals surface area contributed by atoms with Crippen molar-refractivity contribution in [2.75, 3.05) is 25.1 Å². The van der Waals surface area contributed by atoms with E-state index in [1.54, 1.807) is 0 Å². The van der Waals surface area contributed by atoms with Crippen molar-refractivity contribution in [3.8, 4) is 0 Å². The molecule has 13 heavy (non-hydrogen) atoms. The van der Waals surface area contributed by atoms with E-state index >= 15 is 0 Å². The van der Waals surface area contributed by atoms with Crippen LogP contribution in [0.25, 0.3) is 0 Å². The van der Waals surface area contributed by atoms with Crippen LogP contribution in [0.1, 0.15) is 0 Å². The average Bonchev–Trinajstić information content (AvgIpc) is 2.55. The maximum atomic E-state index is 11.6. The van der Waals surface area contributed by atoms with E-state index in [0.29, 0.717) is 11.7 Å². The average molecular weight is 209 g/mol. The predicted octanol–water partition coefficient (Wildman–Crippen LogP) is 1.23. The highest BCUT2D eigenvalue weighted by molar-refractivity contribution is 7.09. The molecular weight excluding hydrogens is 200 g/mol. The van der Waals surface area contributed by atoms with Gasteiger partial charge in [-0.15, -0.1) is 0 Å². The third kappa shape index (κ3) is 4.69. The zero-order valence-electron chi connectivity index (χ0n) is 6.74. The Morgan fingerprint density at radius 3 is 3.08 bits per heavy atom. The highest BCUT2D eigenvalue weighted by atomic mass is 32.1. The van der Waals surface area contributed by atoms with E-state index in [1.807, 2.05) is 0 Å². The number of nitrogens with zero attached hydrogens (tertiary/aromatic N) is 2. The molecule has 0 unspecified atom stereocenters. The van der Waals surface area contributed by atoms with E-state index in [4.69, 9.17) is 0 Å². The van der Waals surface area contributed by atoms with Crippen molar-refractivity contribution in [3.63, 3.8) is 0 Å². The summed E-state index contributed by atoms with van der Waals surface area (Å²) in [6, 6.07) is 0. The molecule has 1 heterocycles. The SMILES string of the molecule is FC(F)COCCNc1ncns1. The van der Waals surface area contributed by atoms with E-state index in [2.05, 4.69) is 19.4 Å². The van der Waals surface area contributed by atoms with E-state index in [9.17, 15) is 8.78 Å². The lowest BCUT2D eigenvalue weighted by molar-refractivity contribution is 0.0215. The normalized spacial score (nSPS) is 10.7. The number of ether oxygens (including phenoxy) is 1. The molecule has 0 aliphatic rings.